The third-order valence-electron chi connectivity index (χ3n) is 4.35. The van der Waals surface area contributed by atoms with Gasteiger partial charge in [-0.3, -0.25) is 4.79 Å². The summed E-state index contributed by atoms with van der Waals surface area (Å²) in [5, 5.41) is 17.3. The van der Waals surface area contributed by atoms with Gasteiger partial charge in [-0.2, -0.15) is 10.4 Å². The van der Waals surface area contributed by atoms with Gasteiger partial charge >= 0.3 is 0 Å². The summed E-state index contributed by atoms with van der Waals surface area (Å²) in [4.78, 5) is 17.3. The van der Waals surface area contributed by atoms with Crippen LogP contribution >= 0.6 is 0 Å². The minimum atomic E-state index is -0.317. The van der Waals surface area contributed by atoms with Gasteiger partial charge in [0.25, 0.3) is 5.91 Å². The second-order valence-electron chi connectivity index (χ2n) is 6.03. The van der Waals surface area contributed by atoms with E-state index in [1.54, 1.807) is 28.9 Å². The predicted molar refractivity (Wildman–Crippen MR) is 103 cm³/mol. The molecule has 2 aromatic heterocycles. The smallest absolute Gasteiger partial charge is 0.259 e. The average Bonchev–Trinajstić information content (AvgIpc) is 3.09. The molecule has 1 N–H and O–H groups in total. The van der Waals surface area contributed by atoms with Gasteiger partial charge in [0.2, 0.25) is 0 Å². The second kappa shape index (κ2) is 6.73. The molecule has 0 fully saturated rings. The number of hydrogen-bond donors (Lipinski definition) is 1. The molecule has 130 valence electrons. The van der Waals surface area contributed by atoms with Crippen LogP contribution in [0.1, 0.15) is 21.6 Å². The third-order valence-corrected chi connectivity index (χ3v) is 4.35. The van der Waals surface area contributed by atoms with Crippen molar-refractivity contribution < 1.29 is 4.79 Å². The molecule has 0 saturated carbocycles. The molecule has 4 aromatic rings. The number of amides is 1. The van der Waals surface area contributed by atoms with Crippen molar-refractivity contribution in [2.24, 2.45) is 0 Å². The van der Waals surface area contributed by atoms with E-state index < -0.39 is 0 Å². The fourth-order valence-electron chi connectivity index (χ4n) is 2.92. The van der Waals surface area contributed by atoms with Crippen molar-refractivity contribution in [2.45, 2.75) is 6.92 Å². The van der Waals surface area contributed by atoms with Crippen LogP contribution in [0.15, 0.2) is 66.9 Å². The molecule has 0 unspecified atom stereocenters. The Balaban J connectivity index is 1.67. The van der Waals surface area contributed by atoms with E-state index in [0.717, 1.165) is 10.9 Å². The lowest BCUT2D eigenvalue weighted by molar-refractivity contribution is 0.102. The normalized spacial score (nSPS) is 10.5. The Bertz CT molecular complexity index is 1200. The van der Waals surface area contributed by atoms with Crippen LogP contribution in [-0.2, 0) is 0 Å². The number of hydrogen-bond acceptors (Lipinski definition) is 4. The number of nitrogens with one attached hydrogen (secondary N) is 1. The maximum absolute atomic E-state index is 12.7. The minimum Gasteiger partial charge on any atom is -0.321 e. The van der Waals surface area contributed by atoms with Gasteiger partial charge in [-0.25, -0.2) is 9.67 Å². The summed E-state index contributed by atoms with van der Waals surface area (Å²) in [6.45, 7) is 1.81. The first-order valence-electron chi connectivity index (χ1n) is 8.38. The Morgan fingerprint density at radius 2 is 1.85 bits per heavy atom. The number of pyridine rings is 1. The van der Waals surface area contributed by atoms with E-state index in [9.17, 15) is 4.79 Å². The molecule has 0 bridgehead atoms. The highest BCUT2D eigenvalue weighted by molar-refractivity contribution is 6.05. The molecular weight excluding hydrogens is 338 g/mol. The van der Waals surface area contributed by atoms with Gasteiger partial charge in [0.05, 0.1) is 34.2 Å². The number of carbonyl (C=O) groups excluding carboxylic acids is 1. The van der Waals surface area contributed by atoms with Crippen LogP contribution in [0.2, 0.25) is 0 Å². The first-order chi connectivity index (χ1) is 13.2. The fourth-order valence-corrected chi connectivity index (χ4v) is 2.92. The van der Waals surface area contributed by atoms with Crippen molar-refractivity contribution >= 4 is 22.5 Å². The van der Waals surface area contributed by atoms with E-state index in [1.807, 2.05) is 43.3 Å². The van der Waals surface area contributed by atoms with Gasteiger partial charge in [0.1, 0.15) is 6.07 Å². The first-order valence-corrected chi connectivity index (χ1v) is 8.38. The average molecular weight is 353 g/mol. The molecule has 1 amide bonds. The van der Waals surface area contributed by atoms with Crippen molar-refractivity contribution in [3.63, 3.8) is 0 Å². The molecule has 0 aliphatic rings. The van der Waals surface area contributed by atoms with E-state index in [0.29, 0.717) is 28.3 Å². The summed E-state index contributed by atoms with van der Waals surface area (Å²) < 4.78 is 1.64. The molecule has 0 saturated heterocycles. The van der Waals surface area contributed by atoms with E-state index in [-0.39, 0.29) is 5.91 Å². The highest BCUT2D eigenvalue weighted by Crippen LogP contribution is 2.19. The minimum absolute atomic E-state index is 0.317. The number of anilines is 1. The van der Waals surface area contributed by atoms with Crippen LogP contribution in [-0.4, -0.2) is 20.7 Å². The lowest BCUT2D eigenvalue weighted by Crippen LogP contribution is -2.14. The zero-order valence-electron chi connectivity index (χ0n) is 14.5. The van der Waals surface area contributed by atoms with Crippen molar-refractivity contribution in [2.75, 3.05) is 5.32 Å². The van der Waals surface area contributed by atoms with Crippen molar-refractivity contribution in [3.8, 4) is 11.9 Å². The van der Waals surface area contributed by atoms with Gasteiger partial charge in [-0.1, -0.05) is 30.3 Å². The van der Waals surface area contributed by atoms with E-state index in [4.69, 9.17) is 5.26 Å². The molecule has 0 spiro atoms. The standard InChI is InChI=1S/C21H15N5O/c1-14-17(21(27)25-19-9-5-3-7-16(19)12-22)13-23-26(14)20-11-10-15-6-2-4-8-18(15)24-20/h2-11,13H,1H3,(H,25,27). The zero-order chi connectivity index (χ0) is 18.8. The van der Waals surface area contributed by atoms with Crippen molar-refractivity contribution in [1.82, 2.24) is 14.8 Å². The number of nitrogens with zero attached hydrogens (tertiary/aromatic N) is 4. The lowest BCUT2D eigenvalue weighted by Gasteiger charge is -2.08. The molecule has 0 aliphatic carbocycles. The summed E-state index contributed by atoms with van der Waals surface area (Å²) in [6, 6.07) is 20.6. The van der Waals surface area contributed by atoms with E-state index >= 15 is 0 Å². The SMILES string of the molecule is Cc1c(C(=O)Nc2ccccc2C#N)cnn1-c1ccc2ccccc2n1. The number of carbonyl (C=O) groups is 1. The highest BCUT2D eigenvalue weighted by Gasteiger charge is 2.17. The van der Waals surface area contributed by atoms with E-state index in [1.165, 1.54) is 6.20 Å². The molecule has 0 aliphatic heterocycles. The highest BCUT2D eigenvalue weighted by atomic mass is 16.1. The molecule has 0 radical (unpaired) electrons. The summed E-state index contributed by atoms with van der Waals surface area (Å²) in [7, 11) is 0. The summed E-state index contributed by atoms with van der Waals surface area (Å²) in [6.07, 6.45) is 1.51. The molecule has 2 aromatic carbocycles. The van der Waals surface area contributed by atoms with Crippen LogP contribution < -0.4 is 5.32 Å². The number of nitriles is 1. The number of rotatable bonds is 3. The summed E-state index contributed by atoms with van der Waals surface area (Å²) in [5.41, 5.74) is 2.84. The second-order valence-corrected chi connectivity index (χ2v) is 6.03. The van der Waals surface area contributed by atoms with E-state index in [2.05, 4.69) is 21.5 Å². The number of fused-ring (bicyclic) bond motifs is 1. The summed E-state index contributed by atoms with van der Waals surface area (Å²) >= 11 is 0. The van der Waals surface area contributed by atoms with Crippen molar-refractivity contribution in [3.05, 3.63) is 83.7 Å². The Labute approximate surface area is 155 Å². The van der Waals surface area contributed by atoms with Gasteiger partial charge in [0.15, 0.2) is 5.82 Å². The quantitative estimate of drug-likeness (QED) is 0.606. The third kappa shape index (κ3) is 3.02. The Hall–Kier alpha value is -3.98. The van der Waals surface area contributed by atoms with Crippen LogP contribution in [0.4, 0.5) is 5.69 Å². The lowest BCUT2D eigenvalue weighted by atomic mass is 10.1. The van der Waals surface area contributed by atoms with Gasteiger partial charge in [-0.15, -0.1) is 0 Å². The van der Waals surface area contributed by atoms with Crippen LogP contribution in [0.5, 0.6) is 0 Å². The predicted octanol–water partition coefficient (Wildman–Crippen LogP) is 3.85. The molecule has 0 atom stereocenters. The van der Waals surface area contributed by atoms with Crippen molar-refractivity contribution in [1.29, 1.82) is 5.26 Å². The fraction of sp³-hybridized carbons (Fsp3) is 0.0476. The summed E-state index contributed by atoms with van der Waals surface area (Å²) in [5.74, 6) is 0.324. The molecule has 4 rings (SSSR count). The van der Waals surface area contributed by atoms with Gasteiger partial charge in [-0.05, 0) is 37.3 Å². The van der Waals surface area contributed by atoms with Crippen LogP contribution in [0, 0.1) is 18.3 Å². The Kier molecular flexibility index (Phi) is 4.11. The topological polar surface area (TPSA) is 83.6 Å². The van der Waals surface area contributed by atoms with Crippen LogP contribution in [0.3, 0.4) is 0 Å². The zero-order valence-corrected chi connectivity index (χ0v) is 14.5. The number of benzene rings is 2. The number of para-hydroxylation sites is 2. The van der Waals surface area contributed by atoms with Crippen LogP contribution in [0.25, 0.3) is 16.7 Å². The molecule has 6 nitrogen and oxygen atoms in total. The maximum Gasteiger partial charge on any atom is 0.259 e. The Morgan fingerprint density at radius 1 is 1.07 bits per heavy atom. The molecule has 2 heterocycles. The molecular formula is C21H15N5O. The van der Waals surface area contributed by atoms with Gasteiger partial charge in [0, 0.05) is 5.39 Å². The number of aromatic nitrogens is 3. The first kappa shape index (κ1) is 16.5. The largest absolute Gasteiger partial charge is 0.321 e. The molecule has 27 heavy (non-hydrogen) atoms. The van der Waals surface area contributed by atoms with Gasteiger partial charge < -0.3 is 5.32 Å². The molecule has 6 heteroatoms. The Morgan fingerprint density at radius 3 is 2.70 bits per heavy atom. The maximum atomic E-state index is 12.7. The monoisotopic (exact) mass is 353 g/mol.